The van der Waals surface area contributed by atoms with Crippen LogP contribution in [0.3, 0.4) is 0 Å². The van der Waals surface area contributed by atoms with Crippen LogP contribution < -0.4 is 5.32 Å². The van der Waals surface area contributed by atoms with Crippen LogP contribution in [-0.2, 0) is 0 Å². The summed E-state index contributed by atoms with van der Waals surface area (Å²) in [5.74, 6) is 0.905. The zero-order valence-corrected chi connectivity index (χ0v) is 10.1. The molecule has 0 bridgehead atoms. The first-order valence-corrected chi connectivity index (χ1v) is 5.65. The van der Waals surface area contributed by atoms with Gasteiger partial charge < -0.3 is 5.32 Å². The predicted octanol–water partition coefficient (Wildman–Crippen LogP) is 2.95. The molecule has 0 aliphatic rings. The lowest BCUT2D eigenvalue weighted by Gasteiger charge is -2.07. The number of amidine groups is 1. The minimum absolute atomic E-state index is 0.905. The maximum Gasteiger partial charge on any atom is 0.127 e. The molecule has 0 saturated carbocycles. The molecule has 0 heterocycles. The van der Waals surface area contributed by atoms with E-state index in [9.17, 15) is 0 Å². The summed E-state index contributed by atoms with van der Waals surface area (Å²) in [4.78, 5) is 4.22. The maximum absolute atomic E-state index is 4.22. The molecule has 17 heavy (non-hydrogen) atoms. The van der Waals surface area contributed by atoms with Gasteiger partial charge in [-0.2, -0.15) is 0 Å². The van der Waals surface area contributed by atoms with Crippen molar-refractivity contribution in [3.63, 3.8) is 0 Å². The topological polar surface area (TPSA) is 24.4 Å². The van der Waals surface area contributed by atoms with Gasteiger partial charge in [-0.05, 0) is 17.2 Å². The normalized spacial score (nSPS) is 11.3. The number of nitrogens with zero attached hydrogens (tertiary/aromatic N) is 1. The Labute approximate surface area is 102 Å². The van der Waals surface area contributed by atoms with Crippen LogP contribution in [0.15, 0.2) is 59.6 Å². The second kappa shape index (κ2) is 5.30. The Morgan fingerprint density at radius 3 is 2.29 bits per heavy atom. The summed E-state index contributed by atoms with van der Waals surface area (Å²) < 4.78 is 0. The molecule has 2 rings (SSSR count). The third kappa shape index (κ3) is 2.53. The van der Waals surface area contributed by atoms with Crippen LogP contribution in [0.25, 0.3) is 11.1 Å². The zero-order chi connectivity index (χ0) is 12.1. The lowest BCUT2D eigenvalue weighted by Crippen LogP contribution is -2.19. The van der Waals surface area contributed by atoms with Crippen molar-refractivity contribution in [2.24, 2.45) is 4.99 Å². The number of rotatable bonds is 2. The molecule has 0 aliphatic heterocycles. The number of hydrogen-bond donors (Lipinski definition) is 1. The van der Waals surface area contributed by atoms with Crippen molar-refractivity contribution < 1.29 is 0 Å². The van der Waals surface area contributed by atoms with Crippen LogP contribution in [0.5, 0.6) is 0 Å². The smallest absolute Gasteiger partial charge is 0.127 e. The fourth-order valence-electron chi connectivity index (χ4n) is 1.86. The van der Waals surface area contributed by atoms with Crippen LogP contribution in [-0.4, -0.2) is 19.9 Å². The van der Waals surface area contributed by atoms with Crippen molar-refractivity contribution in [3.8, 4) is 11.1 Å². The van der Waals surface area contributed by atoms with Gasteiger partial charge in [0, 0.05) is 19.7 Å². The molecule has 0 atom stereocenters. The molecule has 2 nitrogen and oxygen atoms in total. The Bertz CT molecular complexity index is 515. The standard InChI is InChI=1S/C15H16N2/c1-16-15(17-2)14-10-6-9-13(11-14)12-7-4-3-5-8-12/h3-11H,1-2H3,(H,16,17). The number of aliphatic imine (C=N–C) groups is 1. The molecule has 2 aromatic carbocycles. The second-order valence-corrected chi connectivity index (χ2v) is 3.77. The van der Waals surface area contributed by atoms with E-state index in [2.05, 4.69) is 58.8 Å². The third-order valence-corrected chi connectivity index (χ3v) is 2.70. The molecule has 2 aromatic rings. The summed E-state index contributed by atoms with van der Waals surface area (Å²) in [6, 6.07) is 18.7. The Balaban J connectivity index is 2.42. The highest BCUT2D eigenvalue weighted by Crippen LogP contribution is 2.19. The summed E-state index contributed by atoms with van der Waals surface area (Å²) in [7, 11) is 3.68. The highest BCUT2D eigenvalue weighted by molar-refractivity contribution is 5.99. The largest absolute Gasteiger partial charge is 0.373 e. The van der Waals surface area contributed by atoms with Crippen LogP contribution in [0.4, 0.5) is 0 Å². The van der Waals surface area contributed by atoms with Crippen molar-refractivity contribution in [2.45, 2.75) is 0 Å². The summed E-state index contributed by atoms with van der Waals surface area (Å²) >= 11 is 0. The molecule has 1 N–H and O–H groups in total. The van der Waals surface area contributed by atoms with Crippen LogP contribution in [0.2, 0.25) is 0 Å². The van der Waals surface area contributed by atoms with Gasteiger partial charge in [0.1, 0.15) is 5.84 Å². The van der Waals surface area contributed by atoms with E-state index in [0.29, 0.717) is 0 Å². The molecule has 0 fully saturated rings. The SMILES string of the molecule is C/N=C(\NC)c1cccc(-c2ccccc2)c1. The van der Waals surface area contributed by atoms with Gasteiger partial charge in [-0.25, -0.2) is 0 Å². The Morgan fingerprint density at radius 1 is 0.941 bits per heavy atom. The summed E-state index contributed by atoms with van der Waals surface area (Å²) in [6.45, 7) is 0. The van der Waals surface area contributed by atoms with Gasteiger partial charge in [0.15, 0.2) is 0 Å². The lowest BCUT2D eigenvalue weighted by molar-refractivity contribution is 1.15. The Morgan fingerprint density at radius 2 is 1.65 bits per heavy atom. The third-order valence-electron chi connectivity index (χ3n) is 2.70. The predicted molar refractivity (Wildman–Crippen MR) is 73.4 cm³/mol. The van der Waals surface area contributed by atoms with Gasteiger partial charge in [-0.1, -0.05) is 48.5 Å². The summed E-state index contributed by atoms with van der Waals surface area (Å²) in [5, 5.41) is 3.10. The van der Waals surface area contributed by atoms with E-state index in [-0.39, 0.29) is 0 Å². The zero-order valence-electron chi connectivity index (χ0n) is 10.1. The fourth-order valence-corrected chi connectivity index (χ4v) is 1.86. The van der Waals surface area contributed by atoms with Crippen LogP contribution in [0.1, 0.15) is 5.56 Å². The molecule has 0 unspecified atom stereocenters. The van der Waals surface area contributed by atoms with Gasteiger partial charge in [0.2, 0.25) is 0 Å². The van der Waals surface area contributed by atoms with E-state index < -0.39 is 0 Å². The molecule has 0 radical (unpaired) electrons. The molecule has 0 spiro atoms. The van der Waals surface area contributed by atoms with E-state index in [1.165, 1.54) is 11.1 Å². The van der Waals surface area contributed by atoms with Crippen molar-refractivity contribution >= 4 is 5.84 Å². The van der Waals surface area contributed by atoms with Crippen LogP contribution in [0, 0.1) is 0 Å². The van der Waals surface area contributed by atoms with E-state index in [1.54, 1.807) is 7.05 Å². The number of nitrogens with one attached hydrogen (secondary N) is 1. The minimum atomic E-state index is 0.905. The van der Waals surface area contributed by atoms with Crippen LogP contribution >= 0.6 is 0 Å². The number of benzene rings is 2. The van der Waals surface area contributed by atoms with Crippen molar-refractivity contribution in [2.75, 3.05) is 14.1 Å². The highest BCUT2D eigenvalue weighted by Gasteiger charge is 2.02. The van der Waals surface area contributed by atoms with Gasteiger partial charge in [-0.3, -0.25) is 4.99 Å². The van der Waals surface area contributed by atoms with Gasteiger partial charge >= 0.3 is 0 Å². The molecule has 2 heteroatoms. The van der Waals surface area contributed by atoms with Crippen molar-refractivity contribution in [3.05, 3.63) is 60.2 Å². The van der Waals surface area contributed by atoms with Gasteiger partial charge in [0.05, 0.1) is 0 Å². The molecule has 0 amide bonds. The minimum Gasteiger partial charge on any atom is -0.373 e. The Kier molecular flexibility index (Phi) is 3.55. The summed E-state index contributed by atoms with van der Waals surface area (Å²) in [6.07, 6.45) is 0. The van der Waals surface area contributed by atoms with E-state index in [0.717, 1.165) is 11.4 Å². The average Bonchev–Trinajstić information content (AvgIpc) is 2.42. The van der Waals surface area contributed by atoms with Gasteiger partial charge in [-0.15, -0.1) is 0 Å². The number of hydrogen-bond acceptors (Lipinski definition) is 1. The average molecular weight is 224 g/mol. The first-order chi connectivity index (χ1) is 8.35. The van der Waals surface area contributed by atoms with Gasteiger partial charge in [0.25, 0.3) is 0 Å². The second-order valence-electron chi connectivity index (χ2n) is 3.77. The monoisotopic (exact) mass is 224 g/mol. The van der Waals surface area contributed by atoms with E-state index in [1.807, 2.05) is 13.1 Å². The van der Waals surface area contributed by atoms with Crippen molar-refractivity contribution in [1.29, 1.82) is 0 Å². The Hall–Kier alpha value is -2.09. The molecular formula is C15H16N2. The maximum atomic E-state index is 4.22. The quantitative estimate of drug-likeness (QED) is 0.615. The molecular weight excluding hydrogens is 208 g/mol. The van der Waals surface area contributed by atoms with Crippen molar-refractivity contribution in [1.82, 2.24) is 5.32 Å². The lowest BCUT2D eigenvalue weighted by atomic mass is 10.0. The summed E-state index contributed by atoms with van der Waals surface area (Å²) in [5.41, 5.74) is 3.54. The fraction of sp³-hybridized carbons (Fsp3) is 0.133. The molecule has 0 aromatic heterocycles. The molecule has 0 aliphatic carbocycles. The van der Waals surface area contributed by atoms with E-state index in [4.69, 9.17) is 0 Å². The first-order valence-electron chi connectivity index (χ1n) is 5.65. The molecule has 0 saturated heterocycles. The van der Waals surface area contributed by atoms with E-state index >= 15 is 0 Å². The highest BCUT2D eigenvalue weighted by atomic mass is 14.9. The molecule has 86 valence electrons. The first kappa shape index (κ1) is 11.4.